The maximum absolute atomic E-state index is 10.8. The van der Waals surface area contributed by atoms with Crippen molar-refractivity contribution in [1.82, 2.24) is 0 Å². The fourth-order valence-electron chi connectivity index (χ4n) is 3.10. The van der Waals surface area contributed by atoms with Gasteiger partial charge in [-0.05, 0) is 70.4 Å². The van der Waals surface area contributed by atoms with Crippen molar-refractivity contribution in [3.63, 3.8) is 0 Å². The second-order valence-corrected chi connectivity index (χ2v) is 8.66. The molecule has 0 N–H and O–H groups in total. The molecule has 4 aromatic rings. The summed E-state index contributed by atoms with van der Waals surface area (Å²) in [4.78, 5) is 23.0. The number of nitro groups is 2. The Balaban J connectivity index is 1.55. The van der Waals surface area contributed by atoms with E-state index in [9.17, 15) is 20.2 Å². The smallest absolute Gasteiger partial charge is 0.258 e. The quantitative estimate of drug-likeness (QED) is 0.209. The van der Waals surface area contributed by atoms with Gasteiger partial charge in [-0.1, -0.05) is 12.2 Å². The van der Waals surface area contributed by atoms with Crippen LogP contribution in [0.3, 0.4) is 0 Å². The molecule has 158 valence electrons. The van der Waals surface area contributed by atoms with Gasteiger partial charge in [0.2, 0.25) is 0 Å². The maximum Gasteiger partial charge on any atom is 0.269 e. The van der Waals surface area contributed by atoms with Crippen LogP contribution in [0.1, 0.15) is 20.9 Å². The summed E-state index contributed by atoms with van der Waals surface area (Å²) in [5.41, 5.74) is 4.14. The Bertz CT molecular complexity index is 1210. The second kappa shape index (κ2) is 9.51. The average molecular weight is 461 g/mol. The van der Waals surface area contributed by atoms with E-state index in [1.54, 1.807) is 46.9 Å². The molecule has 2 aromatic carbocycles. The van der Waals surface area contributed by atoms with E-state index >= 15 is 0 Å². The predicted octanol–water partition coefficient (Wildman–Crippen LogP) is 7.63. The molecule has 6 nitrogen and oxygen atoms in total. The second-order valence-electron chi connectivity index (χ2n) is 6.76. The third-order valence-corrected chi connectivity index (χ3v) is 6.51. The van der Waals surface area contributed by atoms with E-state index in [1.807, 2.05) is 35.1 Å². The first-order valence-corrected chi connectivity index (χ1v) is 11.3. The summed E-state index contributed by atoms with van der Waals surface area (Å²) in [6, 6.07) is 17.0. The van der Waals surface area contributed by atoms with E-state index in [1.165, 1.54) is 24.3 Å². The van der Waals surface area contributed by atoms with E-state index in [0.717, 1.165) is 32.0 Å². The Morgan fingerprint density at radius 1 is 0.562 bits per heavy atom. The van der Waals surface area contributed by atoms with Crippen LogP contribution in [-0.4, -0.2) is 9.85 Å². The Morgan fingerprint density at radius 2 is 0.938 bits per heavy atom. The molecule has 0 atom stereocenters. The van der Waals surface area contributed by atoms with Gasteiger partial charge in [0, 0.05) is 45.1 Å². The van der Waals surface area contributed by atoms with E-state index in [4.69, 9.17) is 0 Å². The summed E-state index contributed by atoms with van der Waals surface area (Å²) >= 11 is 3.25. The summed E-state index contributed by atoms with van der Waals surface area (Å²) in [7, 11) is 0. The van der Waals surface area contributed by atoms with Crippen LogP contribution in [0, 0.1) is 20.2 Å². The highest BCUT2D eigenvalue weighted by atomic mass is 32.1. The Kier molecular flexibility index (Phi) is 6.34. The van der Waals surface area contributed by atoms with Crippen LogP contribution in [0.25, 0.3) is 35.4 Å². The molecule has 0 amide bonds. The van der Waals surface area contributed by atoms with Crippen LogP contribution >= 0.6 is 22.7 Å². The van der Waals surface area contributed by atoms with Gasteiger partial charge in [0.05, 0.1) is 9.85 Å². The van der Waals surface area contributed by atoms with E-state index in [0.29, 0.717) is 0 Å². The molecule has 0 unspecified atom stereocenters. The first-order valence-electron chi connectivity index (χ1n) is 9.52. The van der Waals surface area contributed by atoms with Crippen molar-refractivity contribution in [2.24, 2.45) is 0 Å². The van der Waals surface area contributed by atoms with E-state index in [2.05, 4.69) is 12.1 Å². The molecule has 2 aromatic heterocycles. The topological polar surface area (TPSA) is 86.3 Å². The summed E-state index contributed by atoms with van der Waals surface area (Å²) in [5.74, 6) is 0. The van der Waals surface area contributed by atoms with Gasteiger partial charge < -0.3 is 0 Å². The molecule has 0 saturated carbocycles. The van der Waals surface area contributed by atoms with Crippen molar-refractivity contribution in [3.8, 4) is 11.1 Å². The molecule has 0 bridgehead atoms. The molecule has 0 fully saturated rings. The molecule has 0 aliphatic carbocycles. The Labute approximate surface area is 191 Å². The third-order valence-electron chi connectivity index (χ3n) is 4.74. The van der Waals surface area contributed by atoms with Crippen LogP contribution in [0.4, 0.5) is 11.4 Å². The van der Waals surface area contributed by atoms with E-state index in [-0.39, 0.29) is 11.4 Å². The van der Waals surface area contributed by atoms with Crippen LogP contribution in [-0.2, 0) is 0 Å². The van der Waals surface area contributed by atoms with Crippen LogP contribution in [0.5, 0.6) is 0 Å². The van der Waals surface area contributed by atoms with Gasteiger partial charge in [0.25, 0.3) is 11.4 Å². The molecular weight excluding hydrogens is 444 g/mol. The Morgan fingerprint density at radius 3 is 1.28 bits per heavy atom. The van der Waals surface area contributed by atoms with Gasteiger partial charge in [0.1, 0.15) is 0 Å². The highest BCUT2D eigenvalue weighted by Crippen LogP contribution is 2.36. The molecule has 0 radical (unpaired) electrons. The lowest BCUT2D eigenvalue weighted by Crippen LogP contribution is -1.86. The summed E-state index contributed by atoms with van der Waals surface area (Å²) < 4.78 is 0. The average Bonchev–Trinajstić information content (AvgIpc) is 3.45. The van der Waals surface area contributed by atoms with Gasteiger partial charge in [-0.25, -0.2) is 0 Å². The van der Waals surface area contributed by atoms with Crippen molar-refractivity contribution < 1.29 is 9.85 Å². The number of rotatable bonds is 7. The van der Waals surface area contributed by atoms with Crippen molar-refractivity contribution in [2.45, 2.75) is 0 Å². The molecule has 0 saturated heterocycles. The first kappa shape index (κ1) is 21.4. The fraction of sp³-hybridized carbons (Fsp3) is 0. The minimum atomic E-state index is -0.410. The lowest BCUT2D eigenvalue weighted by Gasteiger charge is -2.01. The van der Waals surface area contributed by atoms with Crippen LogP contribution in [0.2, 0.25) is 0 Å². The molecule has 0 spiro atoms. The molecule has 32 heavy (non-hydrogen) atoms. The fourth-order valence-corrected chi connectivity index (χ4v) is 4.71. The SMILES string of the molecule is O=[N+]([O-])c1ccc(C=Cc2sccc2-c2ccsc2C=Cc2ccc([N+](=O)[O-])cc2)cc1. The number of nitrogens with zero attached hydrogens (tertiary/aromatic N) is 2. The number of benzene rings is 2. The lowest BCUT2D eigenvalue weighted by molar-refractivity contribution is -0.385. The largest absolute Gasteiger partial charge is 0.269 e. The number of thiophene rings is 2. The zero-order chi connectivity index (χ0) is 22.5. The third kappa shape index (κ3) is 4.88. The minimum Gasteiger partial charge on any atom is -0.258 e. The summed E-state index contributed by atoms with van der Waals surface area (Å²) in [5, 5.41) is 25.7. The Hall–Kier alpha value is -3.88. The summed E-state index contributed by atoms with van der Waals surface area (Å²) in [6.07, 6.45) is 7.92. The van der Waals surface area contributed by atoms with Crippen molar-refractivity contribution in [2.75, 3.05) is 0 Å². The zero-order valence-electron chi connectivity index (χ0n) is 16.6. The normalized spacial score (nSPS) is 11.4. The van der Waals surface area contributed by atoms with Crippen molar-refractivity contribution >= 4 is 58.4 Å². The van der Waals surface area contributed by atoms with Crippen LogP contribution in [0.15, 0.2) is 71.4 Å². The van der Waals surface area contributed by atoms with Crippen molar-refractivity contribution in [3.05, 3.63) is 113 Å². The first-order chi connectivity index (χ1) is 15.5. The molecule has 2 heterocycles. The van der Waals surface area contributed by atoms with Gasteiger partial charge >= 0.3 is 0 Å². The van der Waals surface area contributed by atoms with Gasteiger partial charge in [-0.2, -0.15) is 0 Å². The molecule has 0 aliphatic heterocycles. The number of hydrogen-bond donors (Lipinski definition) is 0. The molecule has 0 aliphatic rings. The lowest BCUT2D eigenvalue weighted by atomic mass is 10.1. The number of non-ortho nitro benzene ring substituents is 2. The highest BCUT2D eigenvalue weighted by Gasteiger charge is 2.10. The molecular formula is C24H16N2O4S2. The van der Waals surface area contributed by atoms with E-state index < -0.39 is 9.85 Å². The maximum atomic E-state index is 10.8. The summed E-state index contributed by atoms with van der Waals surface area (Å²) in [6.45, 7) is 0. The number of hydrogen-bond acceptors (Lipinski definition) is 6. The standard InChI is InChI=1S/C24H16N2O4S2/c27-25(28)19-7-1-17(2-8-19)5-11-23-21(13-15-31-23)22-14-16-32-24(22)12-6-18-3-9-20(10-4-18)26(29)30/h1-16H. The highest BCUT2D eigenvalue weighted by molar-refractivity contribution is 7.12. The van der Waals surface area contributed by atoms with Crippen LogP contribution < -0.4 is 0 Å². The minimum absolute atomic E-state index is 0.0710. The van der Waals surface area contributed by atoms with Gasteiger partial charge in [0.15, 0.2) is 0 Å². The zero-order valence-corrected chi connectivity index (χ0v) is 18.2. The predicted molar refractivity (Wildman–Crippen MR) is 132 cm³/mol. The molecule has 8 heteroatoms. The van der Waals surface area contributed by atoms with Gasteiger partial charge in [-0.3, -0.25) is 20.2 Å². The monoisotopic (exact) mass is 460 g/mol. The van der Waals surface area contributed by atoms with Crippen molar-refractivity contribution in [1.29, 1.82) is 0 Å². The number of nitro benzene ring substituents is 2. The van der Waals surface area contributed by atoms with Gasteiger partial charge in [-0.15, -0.1) is 22.7 Å². The molecule has 4 rings (SSSR count).